The molecule has 1 fully saturated rings. The summed E-state index contributed by atoms with van der Waals surface area (Å²) < 4.78 is 35.5. The Morgan fingerprint density at radius 2 is 2.11 bits per heavy atom. The van der Waals surface area contributed by atoms with Gasteiger partial charge in [0.1, 0.15) is 11.2 Å². The third-order valence-corrected chi connectivity index (χ3v) is 5.32. The molecule has 8 heteroatoms. The molecule has 0 unspecified atom stereocenters. The molecule has 106 valence electrons. The molecule has 0 atom stereocenters. The molecule has 0 bridgehead atoms. The highest BCUT2D eigenvalue weighted by Crippen LogP contribution is 2.29. The third kappa shape index (κ3) is 2.38. The van der Waals surface area contributed by atoms with E-state index in [2.05, 4.69) is 0 Å². The van der Waals surface area contributed by atoms with Crippen molar-refractivity contribution in [3.05, 3.63) is 18.6 Å². The fourth-order valence-electron chi connectivity index (χ4n) is 2.14. The standard InChI is InChI=1S/C11H15NO6S/c1-17-11(10(13)14)3-5-12(6-4-11)19(15,16)9-2-7-18-8-9/h2,7-8H,3-6H2,1H3,(H,13,14). The Hall–Kier alpha value is -1.38. The van der Waals surface area contributed by atoms with E-state index in [0.717, 1.165) is 6.26 Å². The van der Waals surface area contributed by atoms with Crippen molar-refractivity contribution >= 4 is 16.0 Å². The van der Waals surface area contributed by atoms with Crippen molar-refractivity contribution < 1.29 is 27.5 Å². The monoisotopic (exact) mass is 289 g/mol. The van der Waals surface area contributed by atoms with Crippen molar-refractivity contribution in [2.24, 2.45) is 0 Å². The van der Waals surface area contributed by atoms with Gasteiger partial charge in [-0.05, 0) is 6.07 Å². The highest BCUT2D eigenvalue weighted by Gasteiger charge is 2.44. The smallest absolute Gasteiger partial charge is 0.336 e. The molecule has 19 heavy (non-hydrogen) atoms. The molecule has 0 aromatic carbocycles. The van der Waals surface area contributed by atoms with Gasteiger partial charge >= 0.3 is 5.97 Å². The number of nitrogens with zero attached hydrogens (tertiary/aromatic N) is 1. The predicted molar refractivity (Wildman–Crippen MR) is 64.1 cm³/mol. The van der Waals surface area contributed by atoms with Gasteiger partial charge in [-0.1, -0.05) is 0 Å². The van der Waals surface area contributed by atoms with E-state index in [1.165, 1.54) is 23.7 Å². The largest absolute Gasteiger partial charge is 0.479 e. The van der Waals surface area contributed by atoms with Crippen LogP contribution in [0.4, 0.5) is 0 Å². The molecule has 0 radical (unpaired) electrons. The molecule has 0 amide bonds. The number of carbonyl (C=O) groups is 1. The van der Waals surface area contributed by atoms with Gasteiger partial charge in [0.25, 0.3) is 0 Å². The van der Waals surface area contributed by atoms with Crippen LogP contribution in [0.3, 0.4) is 0 Å². The van der Waals surface area contributed by atoms with E-state index < -0.39 is 21.6 Å². The second kappa shape index (κ2) is 4.95. The number of hydrogen-bond acceptors (Lipinski definition) is 5. The molecule has 0 aliphatic carbocycles. The van der Waals surface area contributed by atoms with Crippen molar-refractivity contribution in [1.82, 2.24) is 4.31 Å². The van der Waals surface area contributed by atoms with E-state index in [0.29, 0.717) is 0 Å². The van der Waals surface area contributed by atoms with Crippen molar-refractivity contribution in [2.45, 2.75) is 23.3 Å². The minimum atomic E-state index is -3.61. The minimum Gasteiger partial charge on any atom is -0.479 e. The summed E-state index contributed by atoms with van der Waals surface area (Å²) in [7, 11) is -2.28. The molecule has 7 nitrogen and oxygen atoms in total. The molecule has 1 aromatic rings. The maximum atomic E-state index is 12.2. The zero-order valence-electron chi connectivity index (χ0n) is 10.4. The number of aliphatic carboxylic acids is 1. The van der Waals surface area contributed by atoms with Crippen LogP contribution in [0.5, 0.6) is 0 Å². The van der Waals surface area contributed by atoms with Crippen LogP contribution in [0.25, 0.3) is 0 Å². The van der Waals surface area contributed by atoms with Gasteiger partial charge in [-0.15, -0.1) is 0 Å². The molecule has 0 saturated carbocycles. The van der Waals surface area contributed by atoms with E-state index in [-0.39, 0.29) is 30.8 Å². The zero-order valence-corrected chi connectivity index (χ0v) is 11.2. The van der Waals surface area contributed by atoms with Gasteiger partial charge in [0.05, 0.1) is 6.26 Å². The Morgan fingerprint density at radius 3 is 2.53 bits per heavy atom. The predicted octanol–water partition coefficient (Wildman–Crippen LogP) is 0.534. The summed E-state index contributed by atoms with van der Waals surface area (Å²) in [5, 5.41) is 9.15. The lowest BCUT2D eigenvalue weighted by molar-refractivity contribution is -0.166. The first-order valence-corrected chi connectivity index (χ1v) is 7.17. The summed E-state index contributed by atoms with van der Waals surface area (Å²) in [6.45, 7) is 0.210. The number of furan rings is 1. The summed E-state index contributed by atoms with van der Waals surface area (Å²) in [4.78, 5) is 11.3. The Bertz CT molecular complexity index is 542. The number of ether oxygens (including phenoxy) is 1. The van der Waals surface area contributed by atoms with E-state index in [1.54, 1.807) is 0 Å². The first-order valence-electron chi connectivity index (χ1n) is 5.73. The Morgan fingerprint density at radius 1 is 1.47 bits per heavy atom. The van der Waals surface area contributed by atoms with Crippen molar-refractivity contribution in [3.63, 3.8) is 0 Å². The Labute approximate surface area is 110 Å². The summed E-state index contributed by atoms with van der Waals surface area (Å²) in [5.41, 5.74) is -1.29. The molecule has 2 heterocycles. The van der Waals surface area contributed by atoms with Gasteiger partial charge in [0, 0.05) is 33.0 Å². The minimum absolute atomic E-state index is 0.0766. The van der Waals surface area contributed by atoms with Crippen molar-refractivity contribution in [1.29, 1.82) is 0 Å². The highest BCUT2D eigenvalue weighted by atomic mass is 32.2. The molecule has 1 saturated heterocycles. The lowest BCUT2D eigenvalue weighted by Crippen LogP contribution is -2.51. The van der Waals surface area contributed by atoms with Gasteiger partial charge < -0.3 is 14.3 Å². The second-order valence-electron chi connectivity index (χ2n) is 4.37. The Kier molecular flexibility index (Phi) is 3.66. The lowest BCUT2D eigenvalue weighted by Gasteiger charge is -2.36. The highest BCUT2D eigenvalue weighted by molar-refractivity contribution is 7.89. The molecule has 1 aliphatic heterocycles. The van der Waals surface area contributed by atoms with Crippen LogP contribution in [0, 0.1) is 0 Å². The number of hydrogen-bond donors (Lipinski definition) is 1. The maximum absolute atomic E-state index is 12.2. The average molecular weight is 289 g/mol. The first-order chi connectivity index (χ1) is 8.92. The summed E-state index contributed by atoms with van der Waals surface area (Å²) in [6.07, 6.45) is 2.68. The van der Waals surface area contributed by atoms with E-state index >= 15 is 0 Å². The second-order valence-corrected chi connectivity index (χ2v) is 6.30. The molecular weight excluding hydrogens is 274 g/mol. The van der Waals surface area contributed by atoms with Crippen LogP contribution >= 0.6 is 0 Å². The van der Waals surface area contributed by atoms with E-state index in [9.17, 15) is 13.2 Å². The molecule has 1 aromatic heterocycles. The van der Waals surface area contributed by atoms with Gasteiger partial charge in [-0.25, -0.2) is 13.2 Å². The number of carboxylic acids is 1. The number of carboxylic acid groups (broad SMARTS) is 1. The molecule has 1 aliphatic rings. The van der Waals surface area contributed by atoms with E-state index in [4.69, 9.17) is 14.3 Å². The van der Waals surface area contributed by atoms with Gasteiger partial charge in [-0.2, -0.15) is 4.31 Å². The first kappa shape index (κ1) is 14.0. The molecular formula is C11H15NO6S. The van der Waals surface area contributed by atoms with Crippen molar-refractivity contribution in [2.75, 3.05) is 20.2 Å². The third-order valence-electron chi connectivity index (χ3n) is 3.44. The van der Waals surface area contributed by atoms with Crippen LogP contribution in [0.1, 0.15) is 12.8 Å². The van der Waals surface area contributed by atoms with Crippen LogP contribution in [0.2, 0.25) is 0 Å². The summed E-state index contributed by atoms with van der Waals surface area (Å²) in [6, 6.07) is 1.37. The number of methoxy groups -OCH3 is 1. The SMILES string of the molecule is COC1(C(=O)O)CCN(S(=O)(=O)c2ccoc2)CC1. The topological polar surface area (TPSA) is 97.0 Å². The maximum Gasteiger partial charge on any atom is 0.336 e. The van der Waals surface area contributed by atoms with Gasteiger partial charge in [-0.3, -0.25) is 0 Å². The molecule has 2 rings (SSSR count). The Balaban J connectivity index is 2.15. The molecule has 1 N–H and O–H groups in total. The zero-order chi connectivity index (χ0) is 14.1. The van der Waals surface area contributed by atoms with Crippen LogP contribution < -0.4 is 0 Å². The normalized spacial score (nSPS) is 20.3. The van der Waals surface area contributed by atoms with Crippen LogP contribution in [-0.4, -0.2) is 49.6 Å². The summed E-state index contributed by atoms with van der Waals surface area (Å²) in [5.74, 6) is -1.06. The number of rotatable bonds is 4. The molecule has 0 spiro atoms. The summed E-state index contributed by atoms with van der Waals surface area (Å²) >= 11 is 0. The fraction of sp³-hybridized carbons (Fsp3) is 0.545. The van der Waals surface area contributed by atoms with Crippen LogP contribution in [0.15, 0.2) is 27.9 Å². The number of sulfonamides is 1. The van der Waals surface area contributed by atoms with Gasteiger partial charge in [0.15, 0.2) is 5.60 Å². The fourth-order valence-corrected chi connectivity index (χ4v) is 3.51. The van der Waals surface area contributed by atoms with Crippen LogP contribution in [-0.2, 0) is 19.6 Å². The van der Waals surface area contributed by atoms with E-state index in [1.807, 2.05) is 0 Å². The van der Waals surface area contributed by atoms with Gasteiger partial charge in [0.2, 0.25) is 10.0 Å². The van der Waals surface area contributed by atoms with Crippen molar-refractivity contribution in [3.8, 4) is 0 Å². The average Bonchev–Trinajstić information content (AvgIpc) is 2.93. The lowest BCUT2D eigenvalue weighted by atomic mass is 9.92. The number of piperidine rings is 1. The quantitative estimate of drug-likeness (QED) is 0.868.